The van der Waals surface area contributed by atoms with E-state index in [1.54, 1.807) is 6.21 Å². The summed E-state index contributed by atoms with van der Waals surface area (Å²) in [7, 11) is 1.87. The highest BCUT2D eigenvalue weighted by atomic mass is 19.4. The first-order valence-corrected chi connectivity index (χ1v) is 11.8. The van der Waals surface area contributed by atoms with Crippen molar-refractivity contribution in [2.45, 2.75) is 57.5 Å². The number of aromatic nitrogens is 2. The zero-order chi connectivity index (χ0) is 25.4. The number of halogens is 3. The van der Waals surface area contributed by atoms with Crippen molar-refractivity contribution in [1.29, 1.82) is 0 Å². The van der Waals surface area contributed by atoms with Gasteiger partial charge in [0.1, 0.15) is 12.0 Å². The number of nitrogens with two attached hydrogens (primary N) is 1. The molecule has 35 heavy (non-hydrogen) atoms. The molecule has 0 amide bonds. The lowest BCUT2D eigenvalue weighted by Gasteiger charge is -2.33. The van der Waals surface area contributed by atoms with E-state index in [9.17, 15) is 13.2 Å². The molecule has 0 radical (unpaired) electrons. The molecular weight excluding hydrogens is 451 g/mol. The van der Waals surface area contributed by atoms with Crippen LogP contribution in [0.25, 0.3) is 5.57 Å². The van der Waals surface area contributed by atoms with Gasteiger partial charge in [-0.2, -0.15) is 13.2 Å². The van der Waals surface area contributed by atoms with E-state index in [-0.39, 0.29) is 31.1 Å². The zero-order valence-corrected chi connectivity index (χ0v) is 20.5. The number of rotatable bonds is 6. The van der Waals surface area contributed by atoms with E-state index in [2.05, 4.69) is 36.3 Å². The minimum atomic E-state index is -4.38. The highest BCUT2D eigenvalue weighted by Crippen LogP contribution is 2.44. The van der Waals surface area contributed by atoms with Crippen LogP contribution in [0.1, 0.15) is 56.0 Å². The summed E-state index contributed by atoms with van der Waals surface area (Å²) in [5, 5.41) is 3.60. The number of nitrogens with one attached hydrogen (secondary N) is 1. The smallest absolute Gasteiger partial charge is 0.330 e. The van der Waals surface area contributed by atoms with Gasteiger partial charge in [-0.05, 0) is 30.6 Å². The van der Waals surface area contributed by atoms with Crippen LogP contribution in [0.4, 0.5) is 13.2 Å². The Morgan fingerprint density at radius 3 is 2.60 bits per heavy atom. The van der Waals surface area contributed by atoms with Gasteiger partial charge in [0.25, 0.3) is 0 Å². The SMILES string of the molecule is CC1C(c2c(C3(C)C=CC=C(C(F)(F)F)C3)nc(CN)n2C)=CC=NC1N[C@@H](C)c1ccccc1. The molecule has 3 unspecified atom stereocenters. The lowest BCUT2D eigenvalue weighted by atomic mass is 9.75. The summed E-state index contributed by atoms with van der Waals surface area (Å²) in [6.45, 7) is 6.17. The van der Waals surface area contributed by atoms with Crippen molar-refractivity contribution >= 4 is 11.8 Å². The van der Waals surface area contributed by atoms with E-state index in [0.717, 1.165) is 22.9 Å². The average Bonchev–Trinajstić information content (AvgIpc) is 3.17. The fourth-order valence-electron chi connectivity index (χ4n) is 4.95. The first kappa shape index (κ1) is 25.1. The fraction of sp³-hybridized carbons (Fsp3) is 0.407. The number of nitrogens with zero attached hydrogens (tertiary/aromatic N) is 3. The molecule has 1 aliphatic carbocycles. The first-order valence-electron chi connectivity index (χ1n) is 11.8. The highest BCUT2D eigenvalue weighted by molar-refractivity contribution is 5.87. The third-order valence-electron chi connectivity index (χ3n) is 7.05. The molecule has 5 nitrogen and oxygen atoms in total. The van der Waals surface area contributed by atoms with E-state index < -0.39 is 17.2 Å². The Kier molecular flexibility index (Phi) is 6.88. The Bertz CT molecular complexity index is 1190. The summed E-state index contributed by atoms with van der Waals surface area (Å²) in [5.74, 6) is 0.588. The van der Waals surface area contributed by atoms with Gasteiger partial charge >= 0.3 is 6.18 Å². The summed E-state index contributed by atoms with van der Waals surface area (Å²) in [5.41, 5.74) is 8.03. The minimum Gasteiger partial charge on any atom is -0.330 e. The van der Waals surface area contributed by atoms with Gasteiger partial charge in [-0.15, -0.1) is 0 Å². The van der Waals surface area contributed by atoms with Gasteiger partial charge in [0.05, 0.1) is 17.9 Å². The van der Waals surface area contributed by atoms with Crippen LogP contribution in [0.2, 0.25) is 0 Å². The molecule has 2 aliphatic rings. The van der Waals surface area contributed by atoms with Crippen LogP contribution < -0.4 is 11.1 Å². The maximum absolute atomic E-state index is 13.6. The summed E-state index contributed by atoms with van der Waals surface area (Å²) in [6.07, 6.45) is 3.39. The van der Waals surface area contributed by atoms with Crippen LogP contribution in [0, 0.1) is 5.92 Å². The van der Waals surface area contributed by atoms with Crippen LogP contribution in [0.5, 0.6) is 0 Å². The van der Waals surface area contributed by atoms with Gasteiger partial charge in [0, 0.05) is 36.2 Å². The number of benzene rings is 1. The van der Waals surface area contributed by atoms with Crippen LogP contribution in [-0.4, -0.2) is 28.1 Å². The van der Waals surface area contributed by atoms with Crippen LogP contribution in [0.15, 0.2) is 65.2 Å². The highest BCUT2D eigenvalue weighted by Gasteiger charge is 2.43. The molecule has 4 rings (SSSR count). The Balaban J connectivity index is 1.69. The summed E-state index contributed by atoms with van der Waals surface area (Å²) >= 11 is 0. The molecule has 2 heterocycles. The molecule has 0 spiro atoms. The van der Waals surface area contributed by atoms with Gasteiger partial charge in [-0.1, -0.05) is 62.4 Å². The predicted molar refractivity (Wildman–Crippen MR) is 134 cm³/mol. The number of dihydropyridines is 1. The second-order valence-corrected chi connectivity index (χ2v) is 9.58. The van der Waals surface area contributed by atoms with Crippen molar-refractivity contribution in [3.63, 3.8) is 0 Å². The summed E-state index contributed by atoms with van der Waals surface area (Å²) in [4.78, 5) is 9.44. The second-order valence-electron chi connectivity index (χ2n) is 9.58. The number of hydrogen-bond acceptors (Lipinski definition) is 4. The monoisotopic (exact) mass is 483 g/mol. The zero-order valence-electron chi connectivity index (χ0n) is 20.5. The molecule has 0 fully saturated rings. The Hall–Kier alpha value is -2.97. The lowest BCUT2D eigenvalue weighted by Crippen LogP contribution is -2.38. The summed E-state index contributed by atoms with van der Waals surface area (Å²) < 4.78 is 42.7. The first-order chi connectivity index (χ1) is 16.5. The van der Waals surface area contributed by atoms with Gasteiger partial charge in [0.2, 0.25) is 0 Å². The molecule has 8 heteroatoms. The fourth-order valence-corrected chi connectivity index (χ4v) is 4.95. The predicted octanol–water partition coefficient (Wildman–Crippen LogP) is 5.37. The van der Waals surface area contributed by atoms with E-state index in [0.29, 0.717) is 11.5 Å². The van der Waals surface area contributed by atoms with Crippen molar-refractivity contribution in [2.24, 2.45) is 23.7 Å². The molecule has 0 saturated heterocycles. The molecule has 0 saturated carbocycles. The van der Waals surface area contributed by atoms with Crippen molar-refractivity contribution in [3.8, 4) is 0 Å². The van der Waals surface area contributed by atoms with E-state index >= 15 is 0 Å². The van der Waals surface area contributed by atoms with Crippen molar-refractivity contribution in [1.82, 2.24) is 14.9 Å². The second kappa shape index (κ2) is 9.59. The molecular formula is C27H32F3N5. The average molecular weight is 484 g/mol. The van der Waals surface area contributed by atoms with Gasteiger partial charge in [-0.3, -0.25) is 10.3 Å². The molecule has 2 aromatic rings. The lowest BCUT2D eigenvalue weighted by molar-refractivity contribution is -0.0955. The van der Waals surface area contributed by atoms with Crippen LogP contribution in [-0.2, 0) is 19.0 Å². The number of allylic oxidation sites excluding steroid dienone is 5. The third-order valence-corrected chi connectivity index (χ3v) is 7.05. The maximum Gasteiger partial charge on any atom is 0.412 e. The summed E-state index contributed by atoms with van der Waals surface area (Å²) in [6, 6.07) is 10.2. The number of imidazole rings is 1. The van der Waals surface area contributed by atoms with E-state index in [1.165, 1.54) is 6.08 Å². The number of hydrogen-bond donors (Lipinski definition) is 2. The van der Waals surface area contributed by atoms with Crippen LogP contribution >= 0.6 is 0 Å². The molecule has 1 aromatic heterocycles. The third kappa shape index (κ3) is 4.90. The molecule has 4 atom stereocenters. The quantitative estimate of drug-likeness (QED) is 0.581. The Morgan fingerprint density at radius 2 is 1.94 bits per heavy atom. The number of alkyl halides is 3. The Morgan fingerprint density at radius 1 is 1.23 bits per heavy atom. The standard InChI is InChI=1S/C27H32F3N5/c1-17-21(12-14-32-25(17)33-18(2)19-9-6-5-7-10-19)23-24(34-22(16-31)35(23)4)26(3)13-8-11-20(15-26)27(28,29)30/h5-14,17-18,25,33H,15-16,31H2,1-4H3/t17?,18-,25?,26?/m0/s1. The maximum atomic E-state index is 13.6. The van der Waals surface area contributed by atoms with Gasteiger partial charge in [-0.25, -0.2) is 4.98 Å². The van der Waals surface area contributed by atoms with Crippen molar-refractivity contribution in [2.75, 3.05) is 0 Å². The number of aliphatic imine (C=N–C) groups is 1. The largest absolute Gasteiger partial charge is 0.412 e. The van der Waals surface area contributed by atoms with Gasteiger partial charge in [0.15, 0.2) is 0 Å². The van der Waals surface area contributed by atoms with Gasteiger partial charge < -0.3 is 10.3 Å². The topological polar surface area (TPSA) is 68.2 Å². The van der Waals surface area contributed by atoms with E-state index in [4.69, 9.17) is 10.7 Å². The molecule has 3 N–H and O–H groups in total. The Labute approximate surface area is 204 Å². The molecule has 1 aliphatic heterocycles. The minimum absolute atomic E-state index is 0.0419. The normalized spacial score (nSPS) is 25.4. The molecule has 186 valence electrons. The molecule has 1 aromatic carbocycles. The van der Waals surface area contributed by atoms with Crippen LogP contribution in [0.3, 0.4) is 0 Å². The van der Waals surface area contributed by atoms with E-state index in [1.807, 2.05) is 48.9 Å². The van der Waals surface area contributed by atoms with Crippen molar-refractivity contribution < 1.29 is 13.2 Å². The van der Waals surface area contributed by atoms with Crippen molar-refractivity contribution in [3.05, 3.63) is 83.0 Å². The molecule has 0 bridgehead atoms.